The molecule has 1 aromatic rings. The number of alkyl halides is 2. The van der Waals surface area contributed by atoms with Gasteiger partial charge >= 0.3 is 6.29 Å². The molecule has 2 aliphatic heterocycles. The fraction of sp³-hybridized carbons (Fsp3) is 0.611. The van der Waals surface area contributed by atoms with Crippen molar-refractivity contribution in [3.8, 4) is 11.5 Å². The molecule has 1 amide bonds. The Morgan fingerprint density at radius 3 is 2.69 bits per heavy atom. The van der Waals surface area contributed by atoms with Gasteiger partial charge < -0.3 is 19.9 Å². The highest BCUT2D eigenvalue weighted by Crippen LogP contribution is 2.43. The van der Waals surface area contributed by atoms with Gasteiger partial charge in [-0.2, -0.15) is 0 Å². The maximum absolute atomic E-state index is 13.3. The number of likely N-dealkylation sites (tertiary alicyclic amines) is 1. The zero-order valence-corrected chi connectivity index (χ0v) is 14.3. The van der Waals surface area contributed by atoms with E-state index in [1.165, 1.54) is 6.07 Å². The molecule has 0 aromatic heterocycles. The SMILES string of the molecule is O=C(NC1CC1)C(O)C1CCN(Cc2cccc3c2OC(F)(F)O3)CC1. The van der Waals surface area contributed by atoms with Gasteiger partial charge in [0.2, 0.25) is 5.91 Å². The number of hydrogen-bond acceptors (Lipinski definition) is 5. The highest BCUT2D eigenvalue weighted by atomic mass is 19.3. The van der Waals surface area contributed by atoms with E-state index in [2.05, 4.69) is 19.7 Å². The van der Waals surface area contributed by atoms with Crippen LogP contribution in [0.15, 0.2) is 18.2 Å². The van der Waals surface area contributed by atoms with E-state index in [0.717, 1.165) is 12.8 Å². The van der Waals surface area contributed by atoms with E-state index in [-0.39, 0.29) is 29.4 Å². The lowest BCUT2D eigenvalue weighted by Gasteiger charge is -2.33. The molecule has 1 aromatic carbocycles. The first-order chi connectivity index (χ1) is 12.4. The van der Waals surface area contributed by atoms with E-state index in [1.807, 2.05) is 0 Å². The van der Waals surface area contributed by atoms with Gasteiger partial charge in [-0.3, -0.25) is 9.69 Å². The first-order valence-electron chi connectivity index (χ1n) is 9.00. The Kier molecular flexibility index (Phi) is 4.48. The number of hydrogen-bond donors (Lipinski definition) is 2. The van der Waals surface area contributed by atoms with Crippen molar-refractivity contribution in [3.05, 3.63) is 23.8 Å². The van der Waals surface area contributed by atoms with Crippen LogP contribution >= 0.6 is 0 Å². The Morgan fingerprint density at radius 2 is 2.00 bits per heavy atom. The van der Waals surface area contributed by atoms with Crippen molar-refractivity contribution in [2.45, 2.75) is 50.7 Å². The molecule has 2 fully saturated rings. The third kappa shape index (κ3) is 3.76. The maximum atomic E-state index is 13.3. The molecule has 0 spiro atoms. The molecule has 1 saturated heterocycles. The number of halogens is 2. The van der Waals surface area contributed by atoms with Crippen LogP contribution in [0, 0.1) is 5.92 Å². The minimum atomic E-state index is -3.62. The van der Waals surface area contributed by atoms with Crippen molar-refractivity contribution in [2.24, 2.45) is 5.92 Å². The molecule has 4 rings (SSSR count). The van der Waals surface area contributed by atoms with Crippen molar-refractivity contribution in [1.29, 1.82) is 0 Å². The number of amides is 1. The summed E-state index contributed by atoms with van der Waals surface area (Å²) in [5.74, 6) is -0.215. The lowest BCUT2D eigenvalue weighted by Crippen LogP contribution is -2.44. The Hall–Kier alpha value is -1.93. The highest BCUT2D eigenvalue weighted by Gasteiger charge is 2.44. The van der Waals surface area contributed by atoms with Crippen molar-refractivity contribution >= 4 is 5.91 Å². The molecule has 1 unspecified atom stereocenters. The van der Waals surface area contributed by atoms with E-state index in [0.29, 0.717) is 38.0 Å². The second-order valence-electron chi connectivity index (χ2n) is 7.25. The zero-order chi connectivity index (χ0) is 18.3. The number of aliphatic hydroxyl groups is 1. The van der Waals surface area contributed by atoms with Gasteiger partial charge in [-0.15, -0.1) is 8.78 Å². The van der Waals surface area contributed by atoms with Gasteiger partial charge in [0.05, 0.1) is 0 Å². The first kappa shape index (κ1) is 17.5. The number of para-hydroxylation sites is 1. The molecule has 3 aliphatic rings. The minimum Gasteiger partial charge on any atom is -0.395 e. The Labute approximate surface area is 150 Å². The van der Waals surface area contributed by atoms with Crippen LogP contribution in [0.4, 0.5) is 8.78 Å². The topological polar surface area (TPSA) is 71.0 Å². The number of carbonyl (C=O) groups is 1. The molecule has 0 radical (unpaired) electrons. The fourth-order valence-corrected chi connectivity index (χ4v) is 3.55. The lowest BCUT2D eigenvalue weighted by molar-refractivity contribution is -0.287. The third-order valence-electron chi connectivity index (χ3n) is 5.18. The Morgan fingerprint density at radius 1 is 1.27 bits per heavy atom. The van der Waals surface area contributed by atoms with Gasteiger partial charge in [-0.1, -0.05) is 12.1 Å². The summed E-state index contributed by atoms with van der Waals surface area (Å²) in [7, 11) is 0. The number of fused-ring (bicyclic) bond motifs is 1. The van der Waals surface area contributed by atoms with Gasteiger partial charge in [0.25, 0.3) is 0 Å². The Balaban J connectivity index is 1.32. The quantitative estimate of drug-likeness (QED) is 0.830. The largest absolute Gasteiger partial charge is 0.586 e. The molecule has 26 heavy (non-hydrogen) atoms. The monoisotopic (exact) mass is 368 g/mol. The highest BCUT2D eigenvalue weighted by molar-refractivity contribution is 5.81. The van der Waals surface area contributed by atoms with Crippen molar-refractivity contribution < 1.29 is 28.2 Å². The summed E-state index contributed by atoms with van der Waals surface area (Å²) < 4.78 is 35.7. The molecular formula is C18H22F2N2O4. The number of ether oxygens (including phenoxy) is 2. The zero-order valence-electron chi connectivity index (χ0n) is 14.3. The van der Waals surface area contributed by atoms with Gasteiger partial charge in [-0.25, -0.2) is 0 Å². The van der Waals surface area contributed by atoms with Crippen LogP contribution in [0.2, 0.25) is 0 Å². The molecule has 1 atom stereocenters. The van der Waals surface area contributed by atoms with Crippen LogP contribution < -0.4 is 14.8 Å². The predicted molar refractivity (Wildman–Crippen MR) is 87.8 cm³/mol. The fourth-order valence-electron chi connectivity index (χ4n) is 3.55. The average Bonchev–Trinajstić information content (AvgIpc) is 3.35. The molecule has 6 nitrogen and oxygen atoms in total. The number of aliphatic hydroxyl groups excluding tert-OH is 1. The van der Waals surface area contributed by atoms with Crippen LogP contribution in [0.25, 0.3) is 0 Å². The van der Waals surface area contributed by atoms with Crippen LogP contribution in [0.5, 0.6) is 11.5 Å². The van der Waals surface area contributed by atoms with Gasteiger partial charge in [-0.05, 0) is 50.8 Å². The van der Waals surface area contributed by atoms with E-state index in [9.17, 15) is 18.7 Å². The van der Waals surface area contributed by atoms with Gasteiger partial charge in [0, 0.05) is 18.2 Å². The lowest BCUT2D eigenvalue weighted by atomic mass is 9.90. The second-order valence-corrected chi connectivity index (χ2v) is 7.25. The van der Waals surface area contributed by atoms with E-state index in [1.54, 1.807) is 12.1 Å². The van der Waals surface area contributed by atoms with E-state index < -0.39 is 12.4 Å². The number of nitrogens with zero attached hydrogens (tertiary/aromatic N) is 1. The average molecular weight is 368 g/mol. The normalized spacial score (nSPS) is 23.7. The van der Waals surface area contributed by atoms with Crippen molar-refractivity contribution in [2.75, 3.05) is 13.1 Å². The third-order valence-corrected chi connectivity index (χ3v) is 5.18. The number of nitrogens with one attached hydrogen (secondary N) is 1. The molecule has 2 N–H and O–H groups in total. The molecule has 8 heteroatoms. The van der Waals surface area contributed by atoms with Crippen LogP contribution in [0.3, 0.4) is 0 Å². The van der Waals surface area contributed by atoms with Gasteiger partial charge in [0.15, 0.2) is 11.5 Å². The van der Waals surface area contributed by atoms with Crippen molar-refractivity contribution in [1.82, 2.24) is 10.2 Å². The van der Waals surface area contributed by atoms with E-state index >= 15 is 0 Å². The van der Waals surface area contributed by atoms with Gasteiger partial charge in [0.1, 0.15) is 6.10 Å². The summed E-state index contributed by atoms with van der Waals surface area (Å²) in [5.41, 5.74) is 0.644. The molecule has 0 bridgehead atoms. The van der Waals surface area contributed by atoms with Crippen LogP contribution in [-0.2, 0) is 11.3 Å². The molecular weight excluding hydrogens is 346 g/mol. The maximum Gasteiger partial charge on any atom is 0.586 e. The second kappa shape index (κ2) is 6.66. The summed E-state index contributed by atoms with van der Waals surface area (Å²) in [6.07, 6.45) is -1.26. The molecule has 142 valence electrons. The number of benzene rings is 1. The summed E-state index contributed by atoms with van der Waals surface area (Å²) >= 11 is 0. The van der Waals surface area contributed by atoms with Crippen molar-refractivity contribution in [3.63, 3.8) is 0 Å². The summed E-state index contributed by atoms with van der Waals surface area (Å²) in [4.78, 5) is 14.1. The smallest absolute Gasteiger partial charge is 0.395 e. The first-order valence-corrected chi connectivity index (χ1v) is 9.00. The summed E-state index contributed by atoms with van der Waals surface area (Å²) in [6, 6.07) is 5.10. The molecule has 2 heterocycles. The van der Waals surface area contributed by atoms with E-state index in [4.69, 9.17) is 0 Å². The number of carbonyl (C=O) groups excluding carboxylic acids is 1. The summed E-state index contributed by atoms with van der Waals surface area (Å²) in [6.45, 7) is 1.82. The number of piperidine rings is 1. The molecule has 1 aliphatic carbocycles. The Bertz CT molecular complexity index is 688. The minimum absolute atomic E-state index is 0.0505. The standard InChI is InChI=1S/C18H22F2N2O4/c19-18(20)25-14-3-1-2-12(16(14)26-18)10-22-8-6-11(7-9-22)15(23)17(24)21-13-4-5-13/h1-3,11,13,15,23H,4-10H2,(H,21,24). The van der Waals surface area contributed by atoms with Crippen LogP contribution in [0.1, 0.15) is 31.2 Å². The summed E-state index contributed by atoms with van der Waals surface area (Å²) in [5, 5.41) is 13.1. The predicted octanol–water partition coefficient (Wildman–Crippen LogP) is 1.86. The number of rotatable bonds is 5. The van der Waals surface area contributed by atoms with Crippen LogP contribution in [-0.4, -0.2) is 47.4 Å². The molecule has 1 saturated carbocycles.